The lowest BCUT2D eigenvalue weighted by Gasteiger charge is -2.16. The smallest absolute Gasteiger partial charge is 0.121 e. The van der Waals surface area contributed by atoms with Gasteiger partial charge in [0, 0.05) is 6.54 Å². The molecule has 2 atom stereocenters. The van der Waals surface area contributed by atoms with E-state index < -0.39 is 12.2 Å². The molecule has 6 nitrogen and oxygen atoms in total. The molecule has 102 valence electrons. The zero-order valence-electron chi connectivity index (χ0n) is 10.7. The molecule has 0 aromatic carbocycles. The third kappa shape index (κ3) is 5.29. The van der Waals surface area contributed by atoms with E-state index in [1.54, 1.807) is 6.92 Å². The molecule has 1 heterocycles. The van der Waals surface area contributed by atoms with Crippen LogP contribution in [0.15, 0.2) is 17.5 Å². The predicted octanol–water partition coefficient (Wildman–Crippen LogP) is 0.741. The van der Waals surface area contributed by atoms with Crippen LogP contribution in [0.5, 0.6) is 0 Å². The number of amidine groups is 1. The largest absolute Gasteiger partial charge is 0.390 e. The molecule has 2 unspecified atom stereocenters. The van der Waals surface area contributed by atoms with E-state index in [2.05, 4.69) is 15.0 Å². The number of aromatic nitrogens is 2. The average molecular weight is 254 g/mol. The monoisotopic (exact) mass is 254 g/mol. The Balaban J connectivity index is 2.14. The lowest BCUT2D eigenvalue weighted by atomic mass is 10.0. The molecule has 0 amide bonds. The van der Waals surface area contributed by atoms with Crippen LogP contribution in [0.3, 0.4) is 0 Å². The van der Waals surface area contributed by atoms with E-state index in [9.17, 15) is 10.2 Å². The normalized spacial score (nSPS) is 15.6. The third-order valence-corrected chi connectivity index (χ3v) is 2.72. The van der Waals surface area contributed by atoms with Crippen molar-refractivity contribution in [2.24, 2.45) is 10.7 Å². The fourth-order valence-corrected chi connectivity index (χ4v) is 1.69. The van der Waals surface area contributed by atoms with Crippen LogP contribution in [0.25, 0.3) is 0 Å². The van der Waals surface area contributed by atoms with Crippen molar-refractivity contribution in [2.75, 3.05) is 6.54 Å². The van der Waals surface area contributed by atoms with Gasteiger partial charge in [-0.25, -0.2) is 4.98 Å². The van der Waals surface area contributed by atoms with Gasteiger partial charge in [-0.2, -0.15) is 0 Å². The van der Waals surface area contributed by atoms with Crippen LogP contribution < -0.4 is 5.73 Å². The minimum absolute atomic E-state index is 0.547. The number of rotatable bonds is 8. The highest BCUT2D eigenvalue weighted by Crippen LogP contribution is 2.18. The zero-order chi connectivity index (χ0) is 13.4. The van der Waals surface area contributed by atoms with E-state index in [0.29, 0.717) is 18.0 Å². The maximum Gasteiger partial charge on any atom is 0.121 e. The number of aliphatic imine (C=N–C) groups is 1. The molecule has 1 rings (SSSR count). The van der Waals surface area contributed by atoms with Crippen LogP contribution in [0.2, 0.25) is 0 Å². The highest BCUT2D eigenvalue weighted by Gasteiger charge is 2.18. The molecule has 0 radical (unpaired) electrons. The standard InChI is InChI=1S/C12H22N4O2/c1-9(13)15-6-4-2-3-5-11(17)12(18)10-7-14-8-16-10/h7-8,11-12,17-18H,2-6H2,1H3,(H2,13,15)(H,14,16). The summed E-state index contributed by atoms with van der Waals surface area (Å²) in [6.07, 6.45) is 4.68. The summed E-state index contributed by atoms with van der Waals surface area (Å²) in [5.74, 6) is 0.602. The van der Waals surface area contributed by atoms with E-state index in [1.165, 1.54) is 12.5 Å². The number of hydrogen-bond donors (Lipinski definition) is 4. The molecule has 0 fully saturated rings. The molecule has 5 N–H and O–H groups in total. The zero-order valence-corrected chi connectivity index (χ0v) is 10.7. The quantitative estimate of drug-likeness (QED) is 0.312. The Kier molecular flexibility index (Phi) is 6.38. The van der Waals surface area contributed by atoms with Crippen LogP contribution in [0, 0.1) is 0 Å². The maximum absolute atomic E-state index is 9.79. The number of nitrogens with one attached hydrogen (secondary N) is 1. The van der Waals surface area contributed by atoms with Gasteiger partial charge < -0.3 is 20.9 Å². The molecule has 0 aliphatic carbocycles. The van der Waals surface area contributed by atoms with Crippen LogP contribution in [0.4, 0.5) is 0 Å². The lowest BCUT2D eigenvalue weighted by Crippen LogP contribution is -2.18. The third-order valence-electron chi connectivity index (χ3n) is 2.72. The molecular formula is C12H22N4O2. The van der Waals surface area contributed by atoms with Gasteiger partial charge in [-0.3, -0.25) is 4.99 Å². The van der Waals surface area contributed by atoms with Crippen molar-refractivity contribution in [2.45, 2.75) is 44.8 Å². The van der Waals surface area contributed by atoms with Crippen molar-refractivity contribution in [1.29, 1.82) is 0 Å². The molecule has 0 aliphatic rings. The topological polar surface area (TPSA) is 108 Å². The second kappa shape index (κ2) is 7.84. The van der Waals surface area contributed by atoms with E-state index in [1.807, 2.05) is 0 Å². The minimum Gasteiger partial charge on any atom is -0.390 e. The number of nitrogens with zero attached hydrogens (tertiary/aromatic N) is 2. The van der Waals surface area contributed by atoms with Gasteiger partial charge in [0.1, 0.15) is 6.10 Å². The Hall–Kier alpha value is -1.40. The van der Waals surface area contributed by atoms with E-state index in [4.69, 9.17) is 5.73 Å². The van der Waals surface area contributed by atoms with Crippen molar-refractivity contribution in [1.82, 2.24) is 9.97 Å². The van der Waals surface area contributed by atoms with Gasteiger partial charge in [-0.1, -0.05) is 12.8 Å². The second-order valence-electron chi connectivity index (χ2n) is 4.39. The number of aliphatic hydroxyl groups is 2. The molecule has 0 spiro atoms. The van der Waals surface area contributed by atoms with Crippen LogP contribution in [0.1, 0.15) is 44.4 Å². The molecule has 0 saturated heterocycles. The first-order chi connectivity index (χ1) is 8.61. The number of imidazole rings is 1. The Labute approximate surface area is 107 Å². The van der Waals surface area contributed by atoms with Gasteiger partial charge in [0.05, 0.1) is 30.2 Å². The van der Waals surface area contributed by atoms with Gasteiger partial charge in [-0.15, -0.1) is 0 Å². The first-order valence-corrected chi connectivity index (χ1v) is 6.22. The van der Waals surface area contributed by atoms with Crippen LogP contribution in [-0.2, 0) is 0 Å². The van der Waals surface area contributed by atoms with Crippen LogP contribution in [-0.4, -0.2) is 38.7 Å². The summed E-state index contributed by atoms with van der Waals surface area (Å²) in [6.45, 7) is 2.49. The summed E-state index contributed by atoms with van der Waals surface area (Å²) < 4.78 is 0. The Morgan fingerprint density at radius 1 is 1.44 bits per heavy atom. The Bertz CT molecular complexity index is 347. The van der Waals surface area contributed by atoms with Gasteiger partial charge in [0.25, 0.3) is 0 Å². The fraction of sp³-hybridized carbons (Fsp3) is 0.667. The summed E-state index contributed by atoms with van der Waals surface area (Å²) in [5, 5.41) is 19.6. The number of H-pyrrole nitrogens is 1. The van der Waals surface area contributed by atoms with E-state index in [-0.39, 0.29) is 0 Å². The van der Waals surface area contributed by atoms with Gasteiger partial charge in [0.15, 0.2) is 0 Å². The summed E-state index contributed by atoms with van der Waals surface area (Å²) in [7, 11) is 0. The van der Waals surface area contributed by atoms with Gasteiger partial charge >= 0.3 is 0 Å². The molecule has 0 saturated carbocycles. The molecule has 0 aliphatic heterocycles. The van der Waals surface area contributed by atoms with E-state index in [0.717, 1.165) is 25.8 Å². The summed E-state index contributed by atoms with van der Waals surface area (Å²) in [6, 6.07) is 0. The van der Waals surface area contributed by atoms with Crippen LogP contribution >= 0.6 is 0 Å². The summed E-state index contributed by atoms with van der Waals surface area (Å²) in [5.41, 5.74) is 5.96. The van der Waals surface area contributed by atoms with E-state index >= 15 is 0 Å². The average Bonchev–Trinajstić information content (AvgIpc) is 2.85. The first-order valence-electron chi connectivity index (χ1n) is 6.22. The van der Waals surface area contributed by atoms with Crippen molar-refractivity contribution in [3.63, 3.8) is 0 Å². The predicted molar refractivity (Wildman–Crippen MR) is 70.2 cm³/mol. The van der Waals surface area contributed by atoms with Crippen molar-refractivity contribution < 1.29 is 10.2 Å². The number of aliphatic hydroxyl groups excluding tert-OH is 2. The maximum atomic E-state index is 9.79. The molecule has 1 aromatic rings. The van der Waals surface area contributed by atoms with Crippen molar-refractivity contribution in [3.05, 3.63) is 18.2 Å². The van der Waals surface area contributed by atoms with Crippen molar-refractivity contribution >= 4 is 5.84 Å². The minimum atomic E-state index is -0.892. The molecule has 0 bridgehead atoms. The van der Waals surface area contributed by atoms with Gasteiger partial charge in [-0.05, 0) is 19.8 Å². The highest BCUT2D eigenvalue weighted by atomic mass is 16.3. The first kappa shape index (κ1) is 14.7. The number of unbranched alkanes of at least 4 members (excludes halogenated alkanes) is 2. The van der Waals surface area contributed by atoms with Gasteiger partial charge in [0.2, 0.25) is 0 Å². The fourth-order valence-electron chi connectivity index (χ4n) is 1.69. The SMILES string of the molecule is CC(N)=NCCCCCC(O)C(O)c1cnc[nH]1. The number of hydrogen-bond acceptors (Lipinski definition) is 4. The number of aromatic amines is 1. The summed E-state index contributed by atoms with van der Waals surface area (Å²) in [4.78, 5) is 10.7. The summed E-state index contributed by atoms with van der Waals surface area (Å²) >= 11 is 0. The Morgan fingerprint density at radius 2 is 2.22 bits per heavy atom. The molecule has 18 heavy (non-hydrogen) atoms. The molecule has 6 heteroatoms. The lowest BCUT2D eigenvalue weighted by molar-refractivity contribution is 0.00976. The Morgan fingerprint density at radius 3 is 2.83 bits per heavy atom. The molecule has 1 aromatic heterocycles. The van der Waals surface area contributed by atoms with Crippen molar-refractivity contribution in [3.8, 4) is 0 Å². The number of nitrogens with two attached hydrogens (primary N) is 1. The highest BCUT2D eigenvalue weighted by molar-refractivity contribution is 5.77. The molecular weight excluding hydrogens is 232 g/mol. The second-order valence-corrected chi connectivity index (χ2v) is 4.39.